The van der Waals surface area contributed by atoms with E-state index in [2.05, 4.69) is 4.98 Å². The molecule has 0 radical (unpaired) electrons. The molecule has 1 aromatic rings. The number of aliphatic hydroxyl groups excluding tert-OH is 1. The molecule has 0 bridgehead atoms. The van der Waals surface area contributed by atoms with Crippen molar-refractivity contribution in [2.24, 2.45) is 0 Å². The molecule has 0 amide bonds. The van der Waals surface area contributed by atoms with E-state index < -0.39 is 0 Å². The van der Waals surface area contributed by atoms with Gasteiger partial charge in [0, 0.05) is 18.4 Å². The molecule has 1 fully saturated rings. The van der Waals surface area contributed by atoms with E-state index >= 15 is 0 Å². The molecule has 2 heterocycles. The fourth-order valence-electron chi connectivity index (χ4n) is 1.64. The Morgan fingerprint density at radius 3 is 3.29 bits per heavy atom. The lowest BCUT2D eigenvalue weighted by Gasteiger charge is -2.04. The van der Waals surface area contributed by atoms with Crippen LogP contribution in [0.2, 0.25) is 0 Å². The van der Waals surface area contributed by atoms with Crippen molar-refractivity contribution in [3.63, 3.8) is 0 Å². The van der Waals surface area contributed by atoms with E-state index in [-0.39, 0.29) is 12.2 Å². The second-order valence-electron chi connectivity index (χ2n) is 3.73. The molecule has 1 N–H and O–H groups in total. The van der Waals surface area contributed by atoms with Gasteiger partial charge in [-0.25, -0.2) is 4.98 Å². The first-order chi connectivity index (χ1) is 6.75. The molecule has 1 aliphatic heterocycles. The predicted molar refractivity (Wildman–Crippen MR) is 55.4 cm³/mol. The molecule has 0 spiro atoms. The molecule has 0 aliphatic carbocycles. The van der Waals surface area contributed by atoms with Crippen LogP contribution < -0.4 is 0 Å². The normalized spacial score (nSPS) is 24.0. The summed E-state index contributed by atoms with van der Waals surface area (Å²) in [5.41, 5.74) is 0.982. The minimum absolute atomic E-state index is 0.211. The van der Waals surface area contributed by atoms with Gasteiger partial charge in [0.1, 0.15) is 11.1 Å². The zero-order valence-corrected chi connectivity index (χ0v) is 9.09. The summed E-state index contributed by atoms with van der Waals surface area (Å²) in [6.07, 6.45) is 2.76. The Hall–Kier alpha value is -0.450. The molecule has 3 nitrogen and oxygen atoms in total. The number of hydrogen-bond acceptors (Lipinski definition) is 4. The highest BCUT2D eigenvalue weighted by molar-refractivity contribution is 7.09. The van der Waals surface area contributed by atoms with E-state index in [4.69, 9.17) is 4.74 Å². The number of aliphatic hydroxyl groups is 1. The Morgan fingerprint density at radius 2 is 2.64 bits per heavy atom. The standard InChI is InChI=1S/C10H15NO2S/c1-7(12)5-8-6-14-10(11-8)9-3-2-4-13-9/h6-7,9,12H,2-5H2,1H3. The van der Waals surface area contributed by atoms with E-state index in [9.17, 15) is 5.11 Å². The molecule has 0 saturated carbocycles. The van der Waals surface area contributed by atoms with Gasteiger partial charge in [0.15, 0.2) is 0 Å². The van der Waals surface area contributed by atoms with Crippen molar-refractivity contribution in [1.82, 2.24) is 4.98 Å². The van der Waals surface area contributed by atoms with Gasteiger partial charge in [0.2, 0.25) is 0 Å². The molecule has 14 heavy (non-hydrogen) atoms. The first-order valence-electron chi connectivity index (χ1n) is 4.99. The Labute approximate surface area is 87.7 Å². The number of thiazole rings is 1. The van der Waals surface area contributed by atoms with E-state index in [0.29, 0.717) is 6.42 Å². The summed E-state index contributed by atoms with van der Waals surface area (Å²) in [5, 5.41) is 12.3. The summed E-state index contributed by atoms with van der Waals surface area (Å²) in [7, 11) is 0. The summed E-state index contributed by atoms with van der Waals surface area (Å²) >= 11 is 1.64. The lowest BCUT2D eigenvalue weighted by Crippen LogP contribution is -2.05. The Kier molecular flexibility index (Phi) is 3.15. The molecular weight excluding hydrogens is 198 g/mol. The quantitative estimate of drug-likeness (QED) is 0.834. The Bertz CT molecular complexity index is 292. The van der Waals surface area contributed by atoms with Crippen LogP contribution in [-0.2, 0) is 11.2 Å². The van der Waals surface area contributed by atoms with Crippen LogP contribution in [0.1, 0.15) is 36.6 Å². The second-order valence-corrected chi connectivity index (χ2v) is 4.62. The van der Waals surface area contributed by atoms with Crippen molar-refractivity contribution in [2.75, 3.05) is 6.61 Å². The van der Waals surface area contributed by atoms with Crippen molar-refractivity contribution in [2.45, 2.75) is 38.4 Å². The smallest absolute Gasteiger partial charge is 0.122 e. The van der Waals surface area contributed by atoms with E-state index in [0.717, 1.165) is 30.2 Å². The minimum atomic E-state index is -0.311. The third-order valence-electron chi connectivity index (χ3n) is 2.28. The van der Waals surface area contributed by atoms with Gasteiger partial charge in [-0.2, -0.15) is 0 Å². The van der Waals surface area contributed by atoms with Gasteiger partial charge in [-0.3, -0.25) is 0 Å². The maximum atomic E-state index is 9.21. The number of nitrogens with zero attached hydrogens (tertiary/aromatic N) is 1. The maximum absolute atomic E-state index is 9.21. The zero-order valence-electron chi connectivity index (χ0n) is 8.27. The first-order valence-corrected chi connectivity index (χ1v) is 5.87. The van der Waals surface area contributed by atoms with Gasteiger partial charge in [0.05, 0.1) is 11.8 Å². The Balaban J connectivity index is 2.01. The van der Waals surface area contributed by atoms with Crippen molar-refractivity contribution >= 4 is 11.3 Å². The van der Waals surface area contributed by atoms with Crippen LogP contribution in [0, 0.1) is 0 Å². The molecule has 2 atom stereocenters. The summed E-state index contributed by atoms with van der Waals surface area (Å²) in [6.45, 7) is 2.64. The molecule has 4 heteroatoms. The topological polar surface area (TPSA) is 42.4 Å². The minimum Gasteiger partial charge on any atom is -0.393 e. The van der Waals surface area contributed by atoms with Crippen LogP contribution in [0.3, 0.4) is 0 Å². The molecule has 78 valence electrons. The van der Waals surface area contributed by atoms with Crippen LogP contribution >= 0.6 is 11.3 Å². The van der Waals surface area contributed by atoms with Gasteiger partial charge in [0.25, 0.3) is 0 Å². The molecule has 0 aromatic carbocycles. The molecular formula is C10H15NO2S. The van der Waals surface area contributed by atoms with Crippen LogP contribution in [0.4, 0.5) is 0 Å². The van der Waals surface area contributed by atoms with Crippen LogP contribution in [0.5, 0.6) is 0 Å². The third-order valence-corrected chi connectivity index (χ3v) is 3.26. The monoisotopic (exact) mass is 213 g/mol. The average Bonchev–Trinajstić information content (AvgIpc) is 2.69. The van der Waals surface area contributed by atoms with E-state index in [1.807, 2.05) is 5.38 Å². The number of rotatable bonds is 3. The molecule has 2 unspecified atom stereocenters. The number of ether oxygens (including phenoxy) is 1. The number of hydrogen-bond donors (Lipinski definition) is 1. The maximum Gasteiger partial charge on any atom is 0.122 e. The zero-order chi connectivity index (χ0) is 9.97. The van der Waals surface area contributed by atoms with Gasteiger partial charge >= 0.3 is 0 Å². The summed E-state index contributed by atoms with van der Waals surface area (Å²) < 4.78 is 5.54. The second kappa shape index (κ2) is 4.38. The SMILES string of the molecule is CC(O)Cc1csc(C2CCCO2)n1. The van der Waals surface area contributed by atoms with Crippen LogP contribution in [0.15, 0.2) is 5.38 Å². The third kappa shape index (κ3) is 2.32. The van der Waals surface area contributed by atoms with Gasteiger partial charge < -0.3 is 9.84 Å². The summed E-state index contributed by atoms with van der Waals surface area (Å²) in [5.74, 6) is 0. The lowest BCUT2D eigenvalue weighted by atomic mass is 10.2. The lowest BCUT2D eigenvalue weighted by molar-refractivity contribution is 0.111. The van der Waals surface area contributed by atoms with E-state index in [1.165, 1.54) is 0 Å². The molecule has 1 aromatic heterocycles. The largest absolute Gasteiger partial charge is 0.393 e. The van der Waals surface area contributed by atoms with Crippen molar-refractivity contribution in [3.05, 3.63) is 16.1 Å². The highest BCUT2D eigenvalue weighted by atomic mass is 32.1. The number of aromatic nitrogens is 1. The fraction of sp³-hybridized carbons (Fsp3) is 0.700. The fourth-order valence-corrected chi connectivity index (χ4v) is 2.55. The van der Waals surface area contributed by atoms with Gasteiger partial charge in [-0.15, -0.1) is 11.3 Å². The van der Waals surface area contributed by atoms with Gasteiger partial charge in [-0.1, -0.05) is 0 Å². The first kappa shape index (κ1) is 10.1. The van der Waals surface area contributed by atoms with Crippen LogP contribution in [-0.4, -0.2) is 22.8 Å². The highest BCUT2D eigenvalue weighted by Crippen LogP contribution is 2.30. The van der Waals surface area contributed by atoms with Gasteiger partial charge in [-0.05, 0) is 19.8 Å². The van der Waals surface area contributed by atoms with Crippen molar-refractivity contribution in [3.8, 4) is 0 Å². The summed E-state index contributed by atoms with van der Waals surface area (Å²) in [6, 6.07) is 0. The predicted octanol–water partition coefficient (Wildman–Crippen LogP) is 1.92. The highest BCUT2D eigenvalue weighted by Gasteiger charge is 2.20. The van der Waals surface area contributed by atoms with Crippen molar-refractivity contribution in [1.29, 1.82) is 0 Å². The Morgan fingerprint density at radius 1 is 1.79 bits per heavy atom. The van der Waals surface area contributed by atoms with Crippen LogP contribution in [0.25, 0.3) is 0 Å². The molecule has 1 saturated heterocycles. The average molecular weight is 213 g/mol. The molecule has 1 aliphatic rings. The molecule has 2 rings (SSSR count). The summed E-state index contributed by atoms with van der Waals surface area (Å²) in [4.78, 5) is 4.47. The van der Waals surface area contributed by atoms with Crippen molar-refractivity contribution < 1.29 is 9.84 Å². The van der Waals surface area contributed by atoms with E-state index in [1.54, 1.807) is 18.3 Å².